The lowest BCUT2D eigenvalue weighted by Gasteiger charge is -2.19. The lowest BCUT2D eigenvalue weighted by Crippen LogP contribution is -2.44. The van der Waals surface area contributed by atoms with Gasteiger partial charge in [0.15, 0.2) is 0 Å². The summed E-state index contributed by atoms with van der Waals surface area (Å²) in [5.74, 6) is 0.514. The van der Waals surface area contributed by atoms with Crippen LogP contribution < -0.4 is 10.6 Å². The summed E-state index contributed by atoms with van der Waals surface area (Å²) in [4.78, 5) is 11.9. The predicted octanol–water partition coefficient (Wildman–Crippen LogP) is 1.71. The molecule has 0 aliphatic rings. The van der Waals surface area contributed by atoms with Gasteiger partial charge in [-0.25, -0.2) is 0 Å². The van der Waals surface area contributed by atoms with Crippen molar-refractivity contribution in [3.8, 4) is 0 Å². The summed E-state index contributed by atoms with van der Waals surface area (Å²) in [5, 5.41) is 10.5. The van der Waals surface area contributed by atoms with Gasteiger partial charge in [-0.2, -0.15) is 5.10 Å². The summed E-state index contributed by atoms with van der Waals surface area (Å²) in [6.07, 6.45) is 3.86. The quantitative estimate of drug-likeness (QED) is 0.790. The molecule has 2 N–H and O–H groups in total. The van der Waals surface area contributed by atoms with Crippen molar-refractivity contribution in [2.45, 2.75) is 53.2 Å². The molecule has 1 rings (SSSR count). The average Bonchev–Trinajstić information content (AvgIpc) is 2.84. The van der Waals surface area contributed by atoms with Gasteiger partial charge in [0.1, 0.15) is 0 Å². The summed E-state index contributed by atoms with van der Waals surface area (Å²) >= 11 is 0. The Balaban J connectivity index is 2.46. The number of rotatable bonds is 7. The van der Waals surface area contributed by atoms with E-state index in [1.807, 2.05) is 30.9 Å². The molecule has 0 spiro atoms. The van der Waals surface area contributed by atoms with Crippen LogP contribution >= 0.6 is 0 Å². The van der Waals surface area contributed by atoms with Gasteiger partial charge in [-0.3, -0.25) is 14.8 Å². The Labute approximate surface area is 115 Å². The third kappa shape index (κ3) is 5.03. The number of hydrogen-bond donors (Lipinski definition) is 2. The van der Waals surface area contributed by atoms with Crippen molar-refractivity contribution in [3.05, 3.63) is 18.0 Å². The zero-order chi connectivity index (χ0) is 14.4. The van der Waals surface area contributed by atoms with E-state index >= 15 is 0 Å². The number of nitrogens with zero attached hydrogens (tertiary/aromatic N) is 2. The molecule has 0 aliphatic carbocycles. The Hall–Kier alpha value is -1.36. The van der Waals surface area contributed by atoms with Crippen LogP contribution in [0.15, 0.2) is 12.4 Å². The fraction of sp³-hybridized carbons (Fsp3) is 0.714. The fourth-order valence-electron chi connectivity index (χ4n) is 1.78. The molecule has 2 unspecified atom stereocenters. The minimum atomic E-state index is -0.210. The standard InChI is InChI=1S/C14H26N4O/c1-6-18-9-13(8-16-18)11(4)17-12(5)14(19)15-7-10(2)3/h8-12,17H,6-7H2,1-5H3,(H,15,19). The van der Waals surface area contributed by atoms with Crippen LogP contribution in [0.1, 0.15) is 46.2 Å². The summed E-state index contributed by atoms with van der Waals surface area (Å²) in [6.45, 7) is 11.7. The third-order valence-electron chi connectivity index (χ3n) is 3.06. The highest BCUT2D eigenvalue weighted by atomic mass is 16.2. The first kappa shape index (κ1) is 15.7. The zero-order valence-electron chi connectivity index (χ0n) is 12.6. The van der Waals surface area contributed by atoms with E-state index in [4.69, 9.17) is 0 Å². The molecule has 0 aromatic carbocycles. The van der Waals surface area contributed by atoms with E-state index in [-0.39, 0.29) is 18.0 Å². The van der Waals surface area contributed by atoms with Gasteiger partial charge in [-0.05, 0) is 26.7 Å². The SMILES string of the molecule is CCn1cc(C(C)NC(C)C(=O)NCC(C)C)cn1. The van der Waals surface area contributed by atoms with Gasteiger partial charge >= 0.3 is 0 Å². The van der Waals surface area contributed by atoms with Crippen LogP contribution in [0.5, 0.6) is 0 Å². The normalized spacial score (nSPS) is 14.4. The average molecular weight is 266 g/mol. The summed E-state index contributed by atoms with van der Waals surface area (Å²) in [7, 11) is 0. The van der Waals surface area contributed by atoms with Crippen molar-refractivity contribution in [3.63, 3.8) is 0 Å². The fourth-order valence-corrected chi connectivity index (χ4v) is 1.78. The van der Waals surface area contributed by atoms with Gasteiger partial charge in [0.05, 0.1) is 12.2 Å². The maximum absolute atomic E-state index is 11.9. The Kier molecular flexibility index (Phi) is 6.02. The van der Waals surface area contributed by atoms with Gasteiger partial charge in [0, 0.05) is 30.9 Å². The van der Waals surface area contributed by atoms with Crippen molar-refractivity contribution in [2.24, 2.45) is 5.92 Å². The van der Waals surface area contributed by atoms with Gasteiger partial charge in [-0.1, -0.05) is 13.8 Å². The van der Waals surface area contributed by atoms with Crippen LogP contribution in [-0.2, 0) is 11.3 Å². The second-order valence-electron chi connectivity index (χ2n) is 5.38. The molecule has 0 aliphatic heterocycles. The van der Waals surface area contributed by atoms with E-state index in [1.165, 1.54) is 0 Å². The highest BCUT2D eigenvalue weighted by Crippen LogP contribution is 2.11. The molecule has 0 saturated carbocycles. The molecule has 5 heteroatoms. The molecule has 1 amide bonds. The number of aryl methyl sites for hydroxylation is 1. The first-order valence-electron chi connectivity index (χ1n) is 7.00. The maximum Gasteiger partial charge on any atom is 0.236 e. The second-order valence-corrected chi connectivity index (χ2v) is 5.38. The van der Waals surface area contributed by atoms with E-state index in [1.54, 1.807) is 0 Å². The monoisotopic (exact) mass is 266 g/mol. The lowest BCUT2D eigenvalue weighted by atomic mass is 10.1. The van der Waals surface area contributed by atoms with Gasteiger partial charge in [-0.15, -0.1) is 0 Å². The predicted molar refractivity (Wildman–Crippen MR) is 76.8 cm³/mol. The van der Waals surface area contributed by atoms with Gasteiger partial charge < -0.3 is 5.32 Å². The maximum atomic E-state index is 11.9. The van der Waals surface area contributed by atoms with Crippen molar-refractivity contribution in [1.82, 2.24) is 20.4 Å². The van der Waals surface area contributed by atoms with E-state index in [0.29, 0.717) is 12.5 Å². The highest BCUT2D eigenvalue weighted by molar-refractivity contribution is 5.81. The van der Waals surface area contributed by atoms with Gasteiger partial charge in [0.25, 0.3) is 0 Å². The van der Waals surface area contributed by atoms with Crippen molar-refractivity contribution in [1.29, 1.82) is 0 Å². The topological polar surface area (TPSA) is 59.0 Å². The van der Waals surface area contributed by atoms with E-state index in [0.717, 1.165) is 12.1 Å². The molecule has 1 aromatic heterocycles. The number of amides is 1. The van der Waals surface area contributed by atoms with Crippen LogP contribution in [-0.4, -0.2) is 28.3 Å². The van der Waals surface area contributed by atoms with E-state index in [9.17, 15) is 4.79 Å². The minimum Gasteiger partial charge on any atom is -0.354 e. The van der Waals surface area contributed by atoms with Crippen LogP contribution in [0.4, 0.5) is 0 Å². The van der Waals surface area contributed by atoms with Crippen LogP contribution in [0.2, 0.25) is 0 Å². The van der Waals surface area contributed by atoms with Crippen LogP contribution in [0, 0.1) is 5.92 Å². The van der Waals surface area contributed by atoms with Crippen LogP contribution in [0.3, 0.4) is 0 Å². The molecule has 0 fully saturated rings. The van der Waals surface area contributed by atoms with Crippen LogP contribution in [0.25, 0.3) is 0 Å². The molecule has 19 heavy (non-hydrogen) atoms. The summed E-state index contributed by atoms with van der Waals surface area (Å²) in [6, 6.07) is -0.0983. The molecular weight excluding hydrogens is 240 g/mol. The first-order chi connectivity index (χ1) is 8.93. The third-order valence-corrected chi connectivity index (χ3v) is 3.06. The Morgan fingerprint density at radius 1 is 1.37 bits per heavy atom. The number of nitrogens with one attached hydrogen (secondary N) is 2. The first-order valence-corrected chi connectivity index (χ1v) is 7.00. The van der Waals surface area contributed by atoms with E-state index < -0.39 is 0 Å². The Morgan fingerprint density at radius 2 is 2.05 bits per heavy atom. The largest absolute Gasteiger partial charge is 0.354 e. The molecule has 1 heterocycles. The molecule has 2 atom stereocenters. The summed E-state index contributed by atoms with van der Waals surface area (Å²) < 4.78 is 1.89. The smallest absolute Gasteiger partial charge is 0.236 e. The minimum absolute atomic E-state index is 0.0448. The van der Waals surface area contributed by atoms with Crippen molar-refractivity contribution >= 4 is 5.91 Å². The molecule has 0 bridgehead atoms. The number of carbonyl (C=O) groups excluding carboxylic acids is 1. The Bertz CT molecular complexity index is 400. The summed E-state index contributed by atoms with van der Waals surface area (Å²) in [5.41, 5.74) is 1.10. The zero-order valence-corrected chi connectivity index (χ0v) is 12.6. The number of hydrogen-bond acceptors (Lipinski definition) is 3. The molecule has 108 valence electrons. The molecule has 0 saturated heterocycles. The highest BCUT2D eigenvalue weighted by Gasteiger charge is 2.17. The second kappa shape index (κ2) is 7.28. The van der Waals surface area contributed by atoms with Crippen molar-refractivity contribution in [2.75, 3.05) is 6.54 Å². The van der Waals surface area contributed by atoms with Gasteiger partial charge in [0.2, 0.25) is 5.91 Å². The van der Waals surface area contributed by atoms with E-state index in [2.05, 4.69) is 36.5 Å². The molecule has 1 aromatic rings. The molecular formula is C14H26N4O. The number of carbonyl (C=O) groups is 1. The lowest BCUT2D eigenvalue weighted by molar-refractivity contribution is -0.123. The molecule has 5 nitrogen and oxygen atoms in total. The Morgan fingerprint density at radius 3 is 2.58 bits per heavy atom. The number of aromatic nitrogens is 2. The van der Waals surface area contributed by atoms with Crippen molar-refractivity contribution < 1.29 is 4.79 Å². The molecule has 0 radical (unpaired) electrons.